The molecule has 4 nitrogen and oxygen atoms in total. The number of nitrogens with two attached hydrogens (primary N) is 1. The van der Waals surface area contributed by atoms with Crippen LogP contribution >= 0.6 is 27.3 Å². The summed E-state index contributed by atoms with van der Waals surface area (Å²) in [5.41, 5.74) is 5.56. The fraction of sp³-hybridized carbons (Fsp3) is 0.231. The van der Waals surface area contributed by atoms with E-state index in [1.54, 1.807) is 6.92 Å². The zero-order valence-corrected chi connectivity index (χ0v) is 14.4. The van der Waals surface area contributed by atoms with Gasteiger partial charge < -0.3 is 5.73 Å². The van der Waals surface area contributed by atoms with E-state index in [9.17, 15) is 12.8 Å². The highest BCUT2D eigenvalue weighted by atomic mass is 79.9. The molecule has 21 heavy (non-hydrogen) atoms. The van der Waals surface area contributed by atoms with E-state index in [0.717, 1.165) is 20.8 Å². The Morgan fingerprint density at radius 2 is 2.05 bits per heavy atom. The van der Waals surface area contributed by atoms with Crippen molar-refractivity contribution in [2.75, 3.05) is 12.3 Å². The standard InChI is InChI=1S/C13H14BrFN2O2S2/c1-2-17(8-10-4-6-13(14)20-10)21(18,19)12-5-3-9(15)7-11(12)16/h3-7H,2,8,16H2,1H3. The summed E-state index contributed by atoms with van der Waals surface area (Å²) >= 11 is 4.82. The molecule has 0 aliphatic rings. The van der Waals surface area contributed by atoms with Gasteiger partial charge in [-0.15, -0.1) is 11.3 Å². The highest BCUT2D eigenvalue weighted by Crippen LogP contribution is 2.27. The van der Waals surface area contributed by atoms with Crippen LogP contribution in [0.15, 0.2) is 39.0 Å². The lowest BCUT2D eigenvalue weighted by Gasteiger charge is -2.20. The van der Waals surface area contributed by atoms with Crippen molar-refractivity contribution in [3.63, 3.8) is 0 Å². The molecule has 8 heteroatoms. The SMILES string of the molecule is CCN(Cc1ccc(Br)s1)S(=O)(=O)c1ccc(F)cc1N. The summed E-state index contributed by atoms with van der Waals surface area (Å²) in [6, 6.07) is 7.04. The number of rotatable bonds is 5. The second-order valence-electron chi connectivity index (χ2n) is 4.32. The van der Waals surface area contributed by atoms with E-state index >= 15 is 0 Å². The summed E-state index contributed by atoms with van der Waals surface area (Å²) in [7, 11) is -3.75. The molecule has 0 spiro atoms. The van der Waals surface area contributed by atoms with Crippen molar-refractivity contribution >= 4 is 43.0 Å². The average molecular weight is 393 g/mol. The minimum absolute atomic E-state index is 0.0682. The number of nitrogens with zero attached hydrogens (tertiary/aromatic N) is 1. The van der Waals surface area contributed by atoms with Gasteiger partial charge >= 0.3 is 0 Å². The molecule has 114 valence electrons. The topological polar surface area (TPSA) is 63.4 Å². The van der Waals surface area contributed by atoms with Crippen LogP contribution in [0.25, 0.3) is 0 Å². The molecule has 0 unspecified atom stereocenters. The van der Waals surface area contributed by atoms with Gasteiger partial charge in [-0.1, -0.05) is 6.92 Å². The van der Waals surface area contributed by atoms with Gasteiger partial charge in [-0.2, -0.15) is 4.31 Å². The van der Waals surface area contributed by atoms with Crippen molar-refractivity contribution in [1.29, 1.82) is 0 Å². The fourth-order valence-electron chi connectivity index (χ4n) is 1.87. The van der Waals surface area contributed by atoms with Crippen molar-refractivity contribution in [3.05, 3.63) is 44.8 Å². The maximum atomic E-state index is 13.1. The maximum Gasteiger partial charge on any atom is 0.245 e. The van der Waals surface area contributed by atoms with Gasteiger partial charge in [0.2, 0.25) is 10.0 Å². The van der Waals surface area contributed by atoms with Crippen LogP contribution in [0.5, 0.6) is 0 Å². The predicted octanol–water partition coefficient (Wildman–Crippen LogP) is 3.44. The predicted molar refractivity (Wildman–Crippen MR) is 86.1 cm³/mol. The first kappa shape index (κ1) is 16.4. The highest BCUT2D eigenvalue weighted by molar-refractivity contribution is 9.11. The molecule has 1 heterocycles. The Morgan fingerprint density at radius 1 is 1.33 bits per heavy atom. The second-order valence-corrected chi connectivity index (χ2v) is 8.77. The van der Waals surface area contributed by atoms with Gasteiger partial charge in [-0.25, -0.2) is 12.8 Å². The molecule has 2 rings (SSSR count). The van der Waals surface area contributed by atoms with E-state index in [1.165, 1.54) is 21.7 Å². The first-order chi connectivity index (χ1) is 9.84. The van der Waals surface area contributed by atoms with Crippen molar-refractivity contribution in [3.8, 4) is 0 Å². The van der Waals surface area contributed by atoms with Crippen LogP contribution in [-0.4, -0.2) is 19.3 Å². The van der Waals surface area contributed by atoms with Gasteiger partial charge in [0.05, 0.1) is 9.47 Å². The van der Waals surface area contributed by atoms with Crippen molar-refractivity contribution < 1.29 is 12.8 Å². The molecule has 0 aliphatic heterocycles. The molecular weight excluding hydrogens is 379 g/mol. The summed E-state index contributed by atoms with van der Waals surface area (Å²) in [5, 5.41) is 0. The van der Waals surface area contributed by atoms with Gasteiger partial charge in [0.15, 0.2) is 0 Å². The highest BCUT2D eigenvalue weighted by Gasteiger charge is 2.26. The lowest BCUT2D eigenvalue weighted by Crippen LogP contribution is -2.30. The number of benzene rings is 1. The van der Waals surface area contributed by atoms with E-state index in [4.69, 9.17) is 5.73 Å². The summed E-state index contributed by atoms with van der Waals surface area (Å²) < 4.78 is 40.6. The average Bonchev–Trinajstić information content (AvgIpc) is 2.80. The summed E-state index contributed by atoms with van der Waals surface area (Å²) in [5.74, 6) is -0.559. The number of halogens is 2. The monoisotopic (exact) mass is 392 g/mol. The molecule has 1 aromatic carbocycles. The largest absolute Gasteiger partial charge is 0.398 e. The first-order valence-electron chi connectivity index (χ1n) is 6.14. The van der Waals surface area contributed by atoms with Gasteiger partial charge in [0.25, 0.3) is 0 Å². The Bertz CT molecular complexity index is 746. The minimum atomic E-state index is -3.75. The van der Waals surface area contributed by atoms with Gasteiger partial charge in [0.1, 0.15) is 10.7 Å². The lowest BCUT2D eigenvalue weighted by molar-refractivity contribution is 0.426. The van der Waals surface area contributed by atoms with E-state index < -0.39 is 15.8 Å². The third-order valence-corrected chi connectivity index (χ3v) is 6.51. The molecule has 0 atom stereocenters. The first-order valence-corrected chi connectivity index (χ1v) is 9.19. The quantitative estimate of drug-likeness (QED) is 0.792. The van der Waals surface area contributed by atoms with Crippen molar-refractivity contribution in [1.82, 2.24) is 4.31 Å². The summed E-state index contributed by atoms with van der Waals surface area (Å²) in [6.07, 6.45) is 0. The summed E-state index contributed by atoms with van der Waals surface area (Å²) in [4.78, 5) is 0.842. The zero-order valence-electron chi connectivity index (χ0n) is 11.2. The second kappa shape index (κ2) is 6.43. The number of anilines is 1. The molecule has 2 aromatic rings. The number of hydrogen-bond acceptors (Lipinski definition) is 4. The third-order valence-electron chi connectivity index (χ3n) is 2.90. The Morgan fingerprint density at radius 3 is 2.57 bits per heavy atom. The van der Waals surface area contributed by atoms with Crippen LogP contribution in [-0.2, 0) is 16.6 Å². The zero-order chi connectivity index (χ0) is 15.6. The smallest absolute Gasteiger partial charge is 0.245 e. The van der Waals surface area contributed by atoms with Gasteiger partial charge in [0, 0.05) is 18.0 Å². The molecule has 0 fully saturated rings. The van der Waals surface area contributed by atoms with E-state index in [1.807, 2.05) is 12.1 Å². The number of sulfonamides is 1. The Balaban J connectivity index is 2.35. The van der Waals surface area contributed by atoms with Crippen molar-refractivity contribution in [2.24, 2.45) is 0 Å². The van der Waals surface area contributed by atoms with E-state index in [-0.39, 0.29) is 17.1 Å². The molecular formula is C13H14BrFN2O2S2. The van der Waals surface area contributed by atoms with Crippen LogP contribution in [0.1, 0.15) is 11.8 Å². The van der Waals surface area contributed by atoms with Gasteiger partial charge in [-0.05, 0) is 46.3 Å². The van der Waals surface area contributed by atoms with Gasteiger partial charge in [-0.3, -0.25) is 0 Å². The van der Waals surface area contributed by atoms with Crippen molar-refractivity contribution in [2.45, 2.75) is 18.4 Å². The van der Waals surface area contributed by atoms with Crippen LogP contribution in [0.2, 0.25) is 0 Å². The molecule has 0 bridgehead atoms. The minimum Gasteiger partial charge on any atom is -0.398 e. The normalized spacial score (nSPS) is 12.0. The lowest BCUT2D eigenvalue weighted by atomic mass is 10.3. The molecule has 1 aromatic heterocycles. The van der Waals surface area contributed by atoms with Crippen LogP contribution in [0, 0.1) is 5.82 Å². The molecule has 2 N–H and O–H groups in total. The Hall–Kier alpha value is -0.960. The van der Waals surface area contributed by atoms with E-state index in [2.05, 4.69) is 15.9 Å². The van der Waals surface area contributed by atoms with E-state index in [0.29, 0.717) is 6.54 Å². The van der Waals surface area contributed by atoms with Crippen LogP contribution in [0.3, 0.4) is 0 Å². The molecule has 0 saturated carbocycles. The number of nitrogen functional groups attached to an aromatic ring is 1. The fourth-order valence-corrected chi connectivity index (χ4v) is 4.98. The van der Waals surface area contributed by atoms with Crippen LogP contribution < -0.4 is 5.73 Å². The van der Waals surface area contributed by atoms with Crippen LogP contribution in [0.4, 0.5) is 10.1 Å². The number of hydrogen-bond donors (Lipinski definition) is 1. The number of thiophene rings is 1. The third kappa shape index (κ3) is 3.63. The Kier molecular flexibility index (Phi) is 5.03. The molecule has 0 amide bonds. The molecule has 0 saturated heterocycles. The maximum absolute atomic E-state index is 13.1. The molecule has 0 aliphatic carbocycles. The molecule has 0 radical (unpaired) electrons. The Labute approximate surface area is 135 Å². The summed E-state index contributed by atoms with van der Waals surface area (Å²) in [6.45, 7) is 2.31.